The zero-order valence-corrected chi connectivity index (χ0v) is 8.92. The van der Waals surface area contributed by atoms with E-state index in [9.17, 15) is 9.90 Å². The molecular formula is C12H18O2. The Morgan fingerprint density at radius 3 is 2.93 bits per heavy atom. The molecule has 0 bridgehead atoms. The van der Waals surface area contributed by atoms with Crippen molar-refractivity contribution < 1.29 is 9.90 Å². The number of aliphatic hydroxyl groups is 1. The average Bonchev–Trinajstić information content (AvgIpc) is 2.35. The molecule has 0 aromatic rings. The summed E-state index contributed by atoms with van der Waals surface area (Å²) in [4.78, 5) is 11.4. The second kappa shape index (κ2) is 3.20. The van der Waals surface area contributed by atoms with Crippen LogP contribution < -0.4 is 0 Å². The topological polar surface area (TPSA) is 37.3 Å². The fourth-order valence-corrected chi connectivity index (χ4v) is 3.12. The third-order valence-electron chi connectivity index (χ3n) is 4.13. The van der Waals surface area contributed by atoms with Gasteiger partial charge in [0.1, 0.15) is 0 Å². The maximum Gasteiger partial charge on any atom is 0.155 e. The van der Waals surface area contributed by atoms with Crippen LogP contribution in [0.25, 0.3) is 0 Å². The van der Waals surface area contributed by atoms with Gasteiger partial charge >= 0.3 is 0 Å². The predicted octanol–water partition coefficient (Wildman–Crippen LogP) is 2.07. The van der Waals surface area contributed by atoms with Crippen molar-refractivity contribution >= 4 is 5.78 Å². The van der Waals surface area contributed by atoms with Crippen LogP contribution in [0.15, 0.2) is 11.6 Å². The molecule has 0 saturated heterocycles. The van der Waals surface area contributed by atoms with Crippen LogP contribution >= 0.6 is 0 Å². The van der Waals surface area contributed by atoms with E-state index in [-0.39, 0.29) is 17.3 Å². The highest BCUT2D eigenvalue weighted by atomic mass is 16.3. The van der Waals surface area contributed by atoms with Gasteiger partial charge in [0.05, 0.1) is 6.10 Å². The molecule has 2 rings (SSSR count). The Kier molecular flexibility index (Phi) is 2.26. The molecule has 3 atom stereocenters. The van der Waals surface area contributed by atoms with E-state index in [0.29, 0.717) is 12.3 Å². The lowest BCUT2D eigenvalue weighted by molar-refractivity contribution is -0.115. The van der Waals surface area contributed by atoms with Crippen LogP contribution in [0.1, 0.15) is 39.5 Å². The summed E-state index contributed by atoms with van der Waals surface area (Å²) in [6.45, 7) is 4.16. The van der Waals surface area contributed by atoms with Crippen LogP contribution in [0.3, 0.4) is 0 Å². The molecule has 2 heteroatoms. The van der Waals surface area contributed by atoms with Crippen molar-refractivity contribution in [1.29, 1.82) is 0 Å². The highest BCUT2D eigenvalue weighted by Crippen LogP contribution is 2.50. The summed E-state index contributed by atoms with van der Waals surface area (Å²) in [5.41, 5.74) is 1.12. The van der Waals surface area contributed by atoms with E-state index in [4.69, 9.17) is 0 Å². The SMILES string of the molecule is CC1=CC(=O)CC[C@]2(C)[C@@H](O)CC[C@@H]12. The van der Waals surface area contributed by atoms with Crippen molar-refractivity contribution in [2.45, 2.75) is 45.6 Å². The van der Waals surface area contributed by atoms with Crippen molar-refractivity contribution in [3.63, 3.8) is 0 Å². The Morgan fingerprint density at radius 1 is 1.50 bits per heavy atom. The molecule has 0 unspecified atom stereocenters. The second-order valence-corrected chi connectivity index (χ2v) is 5.01. The van der Waals surface area contributed by atoms with Crippen molar-refractivity contribution in [3.8, 4) is 0 Å². The van der Waals surface area contributed by atoms with Crippen LogP contribution in [-0.2, 0) is 4.79 Å². The van der Waals surface area contributed by atoms with E-state index in [2.05, 4.69) is 6.92 Å². The van der Waals surface area contributed by atoms with E-state index in [1.54, 1.807) is 6.08 Å². The third-order valence-corrected chi connectivity index (χ3v) is 4.13. The molecule has 2 aliphatic carbocycles. The number of hydrogen-bond donors (Lipinski definition) is 1. The highest BCUT2D eigenvalue weighted by Gasteiger charge is 2.47. The number of hydrogen-bond acceptors (Lipinski definition) is 2. The Balaban J connectivity index is 2.35. The van der Waals surface area contributed by atoms with Gasteiger partial charge < -0.3 is 5.11 Å². The first-order valence-electron chi connectivity index (χ1n) is 5.43. The van der Waals surface area contributed by atoms with E-state index < -0.39 is 0 Å². The number of carbonyl (C=O) groups is 1. The standard InChI is InChI=1S/C12H18O2/c1-8-7-9(13)5-6-12(2)10(8)3-4-11(12)14/h7,10-11,14H,3-6H2,1-2H3/t10-,11-,12-/m0/s1. The van der Waals surface area contributed by atoms with Gasteiger partial charge in [0, 0.05) is 11.8 Å². The molecule has 1 saturated carbocycles. The summed E-state index contributed by atoms with van der Waals surface area (Å²) < 4.78 is 0. The number of fused-ring (bicyclic) bond motifs is 1. The number of rotatable bonds is 0. The summed E-state index contributed by atoms with van der Waals surface area (Å²) in [5, 5.41) is 9.97. The van der Waals surface area contributed by atoms with Crippen LogP contribution in [0.4, 0.5) is 0 Å². The lowest BCUT2D eigenvalue weighted by atomic mass is 9.73. The molecule has 0 amide bonds. The van der Waals surface area contributed by atoms with Gasteiger partial charge in [0.25, 0.3) is 0 Å². The third kappa shape index (κ3) is 1.33. The Hall–Kier alpha value is -0.630. The fraction of sp³-hybridized carbons (Fsp3) is 0.750. The van der Waals surface area contributed by atoms with E-state index in [0.717, 1.165) is 19.3 Å². The minimum absolute atomic E-state index is 0.0489. The molecule has 0 aromatic heterocycles. The molecule has 0 radical (unpaired) electrons. The van der Waals surface area contributed by atoms with E-state index in [1.165, 1.54) is 5.57 Å². The predicted molar refractivity (Wildman–Crippen MR) is 54.8 cm³/mol. The molecule has 1 N–H and O–H groups in total. The van der Waals surface area contributed by atoms with E-state index >= 15 is 0 Å². The van der Waals surface area contributed by atoms with Crippen LogP contribution in [0.5, 0.6) is 0 Å². The van der Waals surface area contributed by atoms with Crippen molar-refractivity contribution in [1.82, 2.24) is 0 Å². The first-order chi connectivity index (χ1) is 6.54. The molecule has 14 heavy (non-hydrogen) atoms. The minimum Gasteiger partial charge on any atom is -0.393 e. The minimum atomic E-state index is -0.221. The lowest BCUT2D eigenvalue weighted by Crippen LogP contribution is -2.32. The molecule has 2 nitrogen and oxygen atoms in total. The van der Waals surface area contributed by atoms with Gasteiger partial charge in [-0.2, -0.15) is 0 Å². The number of allylic oxidation sites excluding steroid dienone is 2. The van der Waals surface area contributed by atoms with Gasteiger partial charge in [-0.25, -0.2) is 0 Å². The zero-order chi connectivity index (χ0) is 10.3. The molecule has 2 aliphatic rings. The monoisotopic (exact) mass is 194 g/mol. The zero-order valence-electron chi connectivity index (χ0n) is 8.92. The van der Waals surface area contributed by atoms with Gasteiger partial charge in [0.2, 0.25) is 0 Å². The smallest absolute Gasteiger partial charge is 0.155 e. The Labute approximate surface area is 85.0 Å². The van der Waals surface area contributed by atoms with Crippen LogP contribution in [-0.4, -0.2) is 17.0 Å². The van der Waals surface area contributed by atoms with Gasteiger partial charge in [-0.15, -0.1) is 0 Å². The lowest BCUT2D eigenvalue weighted by Gasteiger charge is -2.33. The van der Waals surface area contributed by atoms with Crippen LogP contribution in [0.2, 0.25) is 0 Å². The fourth-order valence-electron chi connectivity index (χ4n) is 3.12. The van der Waals surface area contributed by atoms with Crippen molar-refractivity contribution in [2.75, 3.05) is 0 Å². The van der Waals surface area contributed by atoms with Crippen molar-refractivity contribution in [3.05, 3.63) is 11.6 Å². The second-order valence-electron chi connectivity index (χ2n) is 5.01. The normalized spacial score (nSPS) is 43.1. The first-order valence-corrected chi connectivity index (χ1v) is 5.43. The summed E-state index contributed by atoms with van der Waals surface area (Å²) in [5.74, 6) is 0.647. The summed E-state index contributed by atoms with van der Waals surface area (Å²) >= 11 is 0. The van der Waals surface area contributed by atoms with Crippen LogP contribution in [0, 0.1) is 11.3 Å². The largest absolute Gasteiger partial charge is 0.393 e. The quantitative estimate of drug-likeness (QED) is 0.641. The molecular weight excluding hydrogens is 176 g/mol. The number of aliphatic hydroxyl groups excluding tert-OH is 1. The van der Waals surface area contributed by atoms with Gasteiger partial charge in [-0.1, -0.05) is 12.5 Å². The van der Waals surface area contributed by atoms with Gasteiger partial charge in [-0.3, -0.25) is 4.79 Å². The number of carbonyl (C=O) groups excluding carboxylic acids is 1. The molecule has 0 aliphatic heterocycles. The Bertz CT molecular complexity index is 293. The van der Waals surface area contributed by atoms with Gasteiger partial charge in [0.15, 0.2) is 5.78 Å². The molecule has 0 aromatic carbocycles. The Morgan fingerprint density at radius 2 is 2.21 bits per heavy atom. The summed E-state index contributed by atoms with van der Waals surface area (Å²) in [7, 11) is 0. The molecule has 1 fully saturated rings. The average molecular weight is 194 g/mol. The van der Waals surface area contributed by atoms with Gasteiger partial charge in [-0.05, 0) is 38.2 Å². The molecule has 0 spiro atoms. The maximum absolute atomic E-state index is 11.4. The highest BCUT2D eigenvalue weighted by molar-refractivity contribution is 5.90. The summed E-state index contributed by atoms with van der Waals surface area (Å²) in [6, 6.07) is 0. The van der Waals surface area contributed by atoms with Crippen molar-refractivity contribution in [2.24, 2.45) is 11.3 Å². The summed E-state index contributed by atoms with van der Waals surface area (Å²) in [6.07, 6.45) is 4.93. The maximum atomic E-state index is 11.4. The number of ketones is 1. The van der Waals surface area contributed by atoms with E-state index in [1.807, 2.05) is 6.92 Å². The molecule has 78 valence electrons. The molecule has 0 heterocycles. The first kappa shape index (κ1) is 9.91.